The van der Waals surface area contributed by atoms with Crippen molar-refractivity contribution in [3.05, 3.63) is 33.0 Å². The van der Waals surface area contributed by atoms with Crippen molar-refractivity contribution in [3.63, 3.8) is 0 Å². The zero-order valence-electron chi connectivity index (χ0n) is 9.00. The van der Waals surface area contributed by atoms with Crippen LogP contribution in [0, 0.1) is 0 Å². The molecule has 2 aliphatic rings. The molecule has 1 aliphatic heterocycles. The molecule has 0 bridgehead atoms. The van der Waals surface area contributed by atoms with Gasteiger partial charge in [0.25, 0.3) is 0 Å². The molecule has 0 fully saturated rings. The van der Waals surface area contributed by atoms with E-state index in [0.29, 0.717) is 5.15 Å². The molecular formula is C12H13ClN2O. The molecule has 0 aromatic carbocycles. The first kappa shape index (κ1) is 10.1. The third kappa shape index (κ3) is 1.50. The van der Waals surface area contributed by atoms with Gasteiger partial charge in [0.2, 0.25) is 0 Å². The van der Waals surface area contributed by atoms with Crippen molar-refractivity contribution < 1.29 is 0 Å². The summed E-state index contributed by atoms with van der Waals surface area (Å²) in [6.07, 6.45) is 5.76. The van der Waals surface area contributed by atoms with Crippen molar-refractivity contribution in [2.75, 3.05) is 0 Å². The molecule has 0 radical (unpaired) electrons. The first-order valence-electron chi connectivity index (χ1n) is 5.74. The summed E-state index contributed by atoms with van der Waals surface area (Å²) in [6, 6.07) is 1.84. The van der Waals surface area contributed by atoms with E-state index < -0.39 is 0 Å². The number of rotatable bonds is 0. The molecule has 2 heterocycles. The van der Waals surface area contributed by atoms with Crippen molar-refractivity contribution in [3.8, 4) is 0 Å². The van der Waals surface area contributed by atoms with E-state index in [-0.39, 0.29) is 5.69 Å². The minimum Gasteiger partial charge on any atom is -0.292 e. The lowest BCUT2D eigenvalue weighted by molar-refractivity contribution is 0.573. The van der Waals surface area contributed by atoms with Gasteiger partial charge in [0.15, 0.2) is 0 Å². The highest BCUT2D eigenvalue weighted by Gasteiger charge is 2.22. The van der Waals surface area contributed by atoms with Gasteiger partial charge in [0, 0.05) is 6.54 Å². The second-order valence-electron chi connectivity index (χ2n) is 4.44. The highest BCUT2D eigenvalue weighted by Crippen LogP contribution is 2.36. The average molecular weight is 237 g/mol. The Kier molecular flexibility index (Phi) is 2.36. The van der Waals surface area contributed by atoms with E-state index in [2.05, 4.69) is 4.98 Å². The summed E-state index contributed by atoms with van der Waals surface area (Å²) in [6.45, 7) is 0.761. The van der Waals surface area contributed by atoms with E-state index in [1.54, 1.807) is 4.57 Å². The maximum absolute atomic E-state index is 11.7. The van der Waals surface area contributed by atoms with Gasteiger partial charge in [-0.15, -0.1) is 0 Å². The predicted octanol–water partition coefficient (Wildman–Crippen LogP) is 2.63. The molecule has 1 aromatic heterocycles. The zero-order valence-corrected chi connectivity index (χ0v) is 9.76. The SMILES string of the molecule is O=c1nc(Cl)cc2n1CCC1=C2CCCC1. The molecule has 84 valence electrons. The number of nitrogens with zero attached hydrogens (tertiary/aromatic N) is 2. The quantitative estimate of drug-likeness (QED) is 0.649. The largest absolute Gasteiger partial charge is 0.349 e. The Morgan fingerprint density at radius 1 is 1.25 bits per heavy atom. The maximum Gasteiger partial charge on any atom is 0.349 e. The summed E-state index contributed by atoms with van der Waals surface area (Å²) in [5, 5.41) is 0.315. The fraction of sp³-hybridized carbons (Fsp3) is 0.500. The van der Waals surface area contributed by atoms with Gasteiger partial charge in [-0.1, -0.05) is 17.2 Å². The fourth-order valence-electron chi connectivity index (χ4n) is 2.74. The summed E-state index contributed by atoms with van der Waals surface area (Å²) >= 11 is 5.87. The summed E-state index contributed by atoms with van der Waals surface area (Å²) < 4.78 is 1.76. The van der Waals surface area contributed by atoms with Crippen LogP contribution >= 0.6 is 11.6 Å². The lowest BCUT2D eigenvalue weighted by Crippen LogP contribution is -2.29. The van der Waals surface area contributed by atoms with Crippen molar-refractivity contribution in [1.29, 1.82) is 0 Å². The third-order valence-corrected chi connectivity index (χ3v) is 3.70. The summed E-state index contributed by atoms with van der Waals surface area (Å²) in [4.78, 5) is 15.5. The lowest BCUT2D eigenvalue weighted by atomic mass is 9.86. The van der Waals surface area contributed by atoms with Gasteiger partial charge in [0.05, 0.1) is 5.69 Å². The summed E-state index contributed by atoms with van der Waals surface area (Å²) in [5.74, 6) is 0. The van der Waals surface area contributed by atoms with Crippen LogP contribution in [0.4, 0.5) is 0 Å². The highest BCUT2D eigenvalue weighted by molar-refractivity contribution is 6.29. The van der Waals surface area contributed by atoms with Crippen LogP contribution in [-0.2, 0) is 6.54 Å². The highest BCUT2D eigenvalue weighted by atomic mass is 35.5. The molecular weight excluding hydrogens is 224 g/mol. The van der Waals surface area contributed by atoms with Gasteiger partial charge in [0.1, 0.15) is 5.15 Å². The van der Waals surface area contributed by atoms with Gasteiger partial charge in [-0.3, -0.25) is 4.57 Å². The maximum atomic E-state index is 11.7. The number of halogens is 1. The van der Waals surface area contributed by atoms with Gasteiger partial charge in [-0.2, -0.15) is 4.98 Å². The molecule has 0 saturated carbocycles. The minimum absolute atomic E-state index is 0.209. The molecule has 0 amide bonds. The summed E-state index contributed by atoms with van der Waals surface area (Å²) in [7, 11) is 0. The normalized spacial score (nSPS) is 19.3. The molecule has 3 nitrogen and oxygen atoms in total. The van der Waals surface area contributed by atoms with Crippen molar-refractivity contribution in [2.24, 2.45) is 0 Å². The Balaban J connectivity index is 2.23. The average Bonchev–Trinajstić information content (AvgIpc) is 2.28. The van der Waals surface area contributed by atoms with Crippen molar-refractivity contribution in [2.45, 2.75) is 38.6 Å². The molecule has 16 heavy (non-hydrogen) atoms. The van der Waals surface area contributed by atoms with Crippen molar-refractivity contribution >= 4 is 17.2 Å². The standard InChI is InChI=1S/C12H13ClN2O/c13-11-7-10-9-4-2-1-3-8(9)5-6-15(10)12(16)14-11/h7H,1-6H2. The Hall–Kier alpha value is -1.09. The number of fused-ring (bicyclic) bond motifs is 2. The monoisotopic (exact) mass is 236 g/mol. The number of aromatic nitrogens is 2. The van der Waals surface area contributed by atoms with Gasteiger partial charge in [-0.05, 0) is 43.7 Å². The van der Waals surface area contributed by atoms with E-state index in [0.717, 1.165) is 25.1 Å². The minimum atomic E-state index is -0.209. The smallest absolute Gasteiger partial charge is 0.292 e. The van der Waals surface area contributed by atoms with Crippen LogP contribution in [0.25, 0.3) is 5.57 Å². The molecule has 1 aliphatic carbocycles. The van der Waals surface area contributed by atoms with Crippen LogP contribution in [0.15, 0.2) is 16.4 Å². The van der Waals surface area contributed by atoms with E-state index >= 15 is 0 Å². The molecule has 0 saturated heterocycles. The van der Waals surface area contributed by atoms with Crippen LogP contribution in [0.1, 0.15) is 37.8 Å². The van der Waals surface area contributed by atoms with Gasteiger partial charge < -0.3 is 0 Å². The first-order chi connectivity index (χ1) is 7.75. The molecule has 0 spiro atoms. The van der Waals surface area contributed by atoms with Crippen LogP contribution in [0.2, 0.25) is 5.15 Å². The molecule has 1 aromatic rings. The van der Waals surface area contributed by atoms with Gasteiger partial charge >= 0.3 is 5.69 Å². The Morgan fingerprint density at radius 3 is 2.94 bits per heavy atom. The Bertz CT molecular complexity index is 530. The number of hydrogen-bond donors (Lipinski definition) is 0. The second kappa shape index (κ2) is 3.74. The van der Waals surface area contributed by atoms with E-state index in [1.165, 1.54) is 30.4 Å². The topological polar surface area (TPSA) is 34.9 Å². The van der Waals surface area contributed by atoms with Crippen LogP contribution < -0.4 is 5.69 Å². The van der Waals surface area contributed by atoms with Crippen LogP contribution in [-0.4, -0.2) is 9.55 Å². The lowest BCUT2D eigenvalue weighted by Gasteiger charge is -2.27. The second-order valence-corrected chi connectivity index (χ2v) is 4.82. The van der Waals surface area contributed by atoms with Crippen LogP contribution in [0.3, 0.4) is 0 Å². The first-order valence-corrected chi connectivity index (χ1v) is 6.12. The van der Waals surface area contributed by atoms with E-state index in [4.69, 9.17) is 11.6 Å². The molecule has 4 heteroatoms. The number of hydrogen-bond acceptors (Lipinski definition) is 2. The van der Waals surface area contributed by atoms with Gasteiger partial charge in [-0.25, -0.2) is 4.79 Å². The van der Waals surface area contributed by atoms with E-state index in [9.17, 15) is 4.79 Å². The van der Waals surface area contributed by atoms with Crippen molar-refractivity contribution in [1.82, 2.24) is 9.55 Å². The molecule has 0 atom stereocenters. The van der Waals surface area contributed by atoms with Crippen LogP contribution in [0.5, 0.6) is 0 Å². The zero-order chi connectivity index (χ0) is 11.1. The summed E-state index contributed by atoms with van der Waals surface area (Å²) in [5.41, 5.74) is 3.66. The predicted molar refractivity (Wildman–Crippen MR) is 63.5 cm³/mol. The Morgan fingerprint density at radius 2 is 2.06 bits per heavy atom. The Labute approximate surface area is 98.8 Å². The van der Waals surface area contributed by atoms with E-state index in [1.807, 2.05) is 6.07 Å². The number of allylic oxidation sites excluding steroid dienone is 2. The molecule has 0 N–H and O–H groups in total. The molecule has 0 unspecified atom stereocenters. The fourth-order valence-corrected chi connectivity index (χ4v) is 2.92. The molecule has 3 rings (SSSR count). The third-order valence-electron chi connectivity index (χ3n) is 3.51.